The van der Waals surface area contributed by atoms with Crippen molar-refractivity contribution in [1.82, 2.24) is 19.9 Å². The summed E-state index contributed by atoms with van der Waals surface area (Å²) < 4.78 is 23.7. The third-order valence-electron chi connectivity index (χ3n) is 4.35. The van der Waals surface area contributed by atoms with Crippen LogP contribution >= 0.6 is 0 Å². The van der Waals surface area contributed by atoms with Gasteiger partial charge >= 0.3 is 0 Å². The first kappa shape index (κ1) is 19.3. The van der Waals surface area contributed by atoms with E-state index in [2.05, 4.69) is 15.0 Å². The fraction of sp³-hybridized carbons (Fsp3) is 0.526. The summed E-state index contributed by atoms with van der Waals surface area (Å²) in [7, 11) is 0. The van der Waals surface area contributed by atoms with E-state index in [9.17, 15) is 9.18 Å². The second kappa shape index (κ2) is 8.04. The van der Waals surface area contributed by atoms with Crippen molar-refractivity contribution in [2.75, 3.05) is 26.2 Å². The highest BCUT2D eigenvalue weighted by Gasteiger charge is 2.30. The van der Waals surface area contributed by atoms with Crippen LogP contribution in [0.3, 0.4) is 0 Å². The topological polar surface area (TPSA) is 71.7 Å². The van der Waals surface area contributed by atoms with Gasteiger partial charge < -0.3 is 14.2 Å². The molecule has 3 rings (SSSR count). The molecular formula is C19H25FN4O3. The second-order valence-electron chi connectivity index (χ2n) is 7.67. The molecule has 2 heterocycles. The molecule has 0 spiro atoms. The zero-order valence-electron chi connectivity index (χ0n) is 15.9. The van der Waals surface area contributed by atoms with Gasteiger partial charge in [0.15, 0.2) is 6.61 Å². The van der Waals surface area contributed by atoms with Gasteiger partial charge in [0.05, 0.1) is 6.54 Å². The van der Waals surface area contributed by atoms with E-state index >= 15 is 0 Å². The summed E-state index contributed by atoms with van der Waals surface area (Å²) in [6, 6.07) is 5.77. The minimum atomic E-state index is -0.353. The first-order valence-corrected chi connectivity index (χ1v) is 9.03. The van der Waals surface area contributed by atoms with Crippen molar-refractivity contribution >= 4 is 5.91 Å². The molecule has 1 aliphatic rings. The van der Waals surface area contributed by atoms with Gasteiger partial charge in [-0.15, -0.1) is 0 Å². The summed E-state index contributed by atoms with van der Waals surface area (Å²) in [5, 5.41) is 3.91. The fourth-order valence-corrected chi connectivity index (χ4v) is 2.87. The number of nitrogens with zero attached hydrogens (tertiary/aromatic N) is 4. The van der Waals surface area contributed by atoms with E-state index in [1.165, 1.54) is 12.1 Å². The Kier molecular flexibility index (Phi) is 5.74. The van der Waals surface area contributed by atoms with E-state index in [1.807, 2.05) is 25.7 Å². The minimum Gasteiger partial charge on any atom is -0.485 e. The Hall–Kier alpha value is -2.48. The first-order valence-electron chi connectivity index (χ1n) is 9.03. The van der Waals surface area contributed by atoms with Gasteiger partial charge in [0.25, 0.3) is 0 Å². The second-order valence-corrected chi connectivity index (χ2v) is 7.67. The number of rotatable bonds is 5. The minimum absolute atomic E-state index is 0.156. The maximum absolute atomic E-state index is 12.9. The smallest absolute Gasteiger partial charge is 0.240 e. The van der Waals surface area contributed by atoms with Crippen molar-refractivity contribution in [3.63, 3.8) is 0 Å². The van der Waals surface area contributed by atoms with Gasteiger partial charge in [-0.2, -0.15) is 4.98 Å². The lowest BCUT2D eigenvalue weighted by Crippen LogP contribution is -2.51. The third-order valence-corrected chi connectivity index (χ3v) is 4.35. The Labute approximate surface area is 158 Å². The Morgan fingerprint density at radius 3 is 2.48 bits per heavy atom. The lowest BCUT2D eigenvalue weighted by Gasteiger charge is -2.37. The number of aromatic nitrogens is 2. The normalized spacial score (nSPS) is 15.8. The number of carbonyl (C=O) groups excluding carboxylic acids is 1. The maximum Gasteiger partial charge on any atom is 0.240 e. The number of hydrogen-bond acceptors (Lipinski definition) is 6. The molecule has 2 aromatic rings. The first-order chi connectivity index (χ1) is 12.8. The Bertz CT molecular complexity index is 762. The van der Waals surface area contributed by atoms with Crippen molar-refractivity contribution < 1.29 is 18.4 Å². The zero-order chi connectivity index (χ0) is 19.4. The highest BCUT2D eigenvalue weighted by Crippen LogP contribution is 2.19. The van der Waals surface area contributed by atoms with Gasteiger partial charge in [0, 0.05) is 31.6 Å². The van der Waals surface area contributed by atoms with Gasteiger partial charge in [-0.3, -0.25) is 9.69 Å². The molecule has 0 unspecified atom stereocenters. The number of ether oxygens (including phenoxy) is 1. The number of carbonyl (C=O) groups is 1. The summed E-state index contributed by atoms with van der Waals surface area (Å²) in [6.07, 6.45) is 0. The number of hydrogen-bond donors (Lipinski definition) is 0. The molecule has 1 fully saturated rings. The quantitative estimate of drug-likeness (QED) is 0.798. The summed E-state index contributed by atoms with van der Waals surface area (Å²) in [5.41, 5.74) is -0.353. The van der Waals surface area contributed by atoms with Crippen LogP contribution in [0.5, 0.6) is 5.75 Å². The van der Waals surface area contributed by atoms with E-state index in [4.69, 9.17) is 9.26 Å². The van der Waals surface area contributed by atoms with E-state index in [0.29, 0.717) is 37.1 Å². The lowest BCUT2D eigenvalue weighted by atomic mass is 9.94. The third kappa shape index (κ3) is 5.26. The van der Waals surface area contributed by atoms with Gasteiger partial charge in [-0.1, -0.05) is 25.9 Å². The van der Waals surface area contributed by atoms with Crippen molar-refractivity contribution in [3.8, 4) is 5.75 Å². The Balaban J connectivity index is 1.46. The van der Waals surface area contributed by atoms with Gasteiger partial charge in [0.2, 0.25) is 17.6 Å². The molecule has 27 heavy (non-hydrogen) atoms. The average Bonchev–Trinajstić information content (AvgIpc) is 3.08. The average molecular weight is 376 g/mol. The summed E-state index contributed by atoms with van der Waals surface area (Å²) in [5.74, 6) is 1.37. The van der Waals surface area contributed by atoms with Crippen molar-refractivity contribution in [2.24, 2.45) is 5.41 Å². The van der Waals surface area contributed by atoms with E-state index < -0.39 is 0 Å². The number of amides is 1. The molecule has 1 saturated heterocycles. The molecule has 1 aliphatic heterocycles. The molecule has 0 radical (unpaired) electrons. The molecule has 0 atom stereocenters. The van der Waals surface area contributed by atoms with Crippen LogP contribution in [0.4, 0.5) is 4.39 Å². The molecule has 0 bridgehead atoms. The predicted octanol–water partition coefficient (Wildman–Crippen LogP) is 2.48. The largest absolute Gasteiger partial charge is 0.485 e. The van der Waals surface area contributed by atoms with Crippen LogP contribution in [0.25, 0.3) is 0 Å². The molecule has 0 N–H and O–H groups in total. The van der Waals surface area contributed by atoms with Crippen molar-refractivity contribution in [1.29, 1.82) is 0 Å². The highest BCUT2D eigenvalue weighted by atomic mass is 19.1. The van der Waals surface area contributed by atoms with Crippen LogP contribution in [0, 0.1) is 11.2 Å². The Morgan fingerprint density at radius 1 is 1.19 bits per heavy atom. The van der Waals surface area contributed by atoms with Gasteiger partial charge in [-0.05, 0) is 24.3 Å². The Morgan fingerprint density at radius 2 is 1.85 bits per heavy atom. The summed E-state index contributed by atoms with van der Waals surface area (Å²) in [4.78, 5) is 20.8. The summed E-state index contributed by atoms with van der Waals surface area (Å²) >= 11 is 0. The molecule has 0 saturated carbocycles. The van der Waals surface area contributed by atoms with E-state index in [-0.39, 0.29) is 23.7 Å². The SMILES string of the molecule is CC(C)(C)C(=O)N1CCN(Cc2nc(COc3ccc(F)cc3)no2)CC1. The molecule has 1 amide bonds. The fourth-order valence-electron chi connectivity index (χ4n) is 2.87. The van der Waals surface area contributed by atoms with E-state index in [0.717, 1.165) is 13.1 Å². The molecule has 8 heteroatoms. The zero-order valence-corrected chi connectivity index (χ0v) is 15.9. The van der Waals surface area contributed by atoms with Gasteiger partial charge in [-0.25, -0.2) is 4.39 Å². The molecule has 146 valence electrons. The lowest BCUT2D eigenvalue weighted by molar-refractivity contribution is -0.141. The molecule has 7 nitrogen and oxygen atoms in total. The predicted molar refractivity (Wildman–Crippen MR) is 96.3 cm³/mol. The van der Waals surface area contributed by atoms with Crippen LogP contribution < -0.4 is 4.74 Å². The number of benzene rings is 1. The van der Waals surface area contributed by atoms with E-state index in [1.54, 1.807) is 12.1 Å². The van der Waals surface area contributed by atoms with Crippen LogP contribution in [-0.4, -0.2) is 52.0 Å². The van der Waals surface area contributed by atoms with Crippen LogP contribution in [0.2, 0.25) is 0 Å². The van der Waals surface area contributed by atoms with Crippen molar-refractivity contribution in [2.45, 2.75) is 33.9 Å². The van der Waals surface area contributed by atoms with Crippen LogP contribution in [0.15, 0.2) is 28.8 Å². The number of halogens is 1. The van der Waals surface area contributed by atoms with Gasteiger partial charge in [0.1, 0.15) is 11.6 Å². The molecular weight excluding hydrogens is 351 g/mol. The standard InChI is InChI=1S/C19H25FN4O3/c1-19(2,3)18(25)24-10-8-23(9-11-24)12-17-21-16(22-27-17)13-26-15-6-4-14(20)5-7-15/h4-7H,8-13H2,1-3H3. The number of piperazine rings is 1. The molecule has 1 aromatic heterocycles. The van der Waals surface area contributed by atoms with Crippen LogP contribution in [-0.2, 0) is 17.9 Å². The summed E-state index contributed by atoms with van der Waals surface area (Å²) in [6.45, 7) is 9.46. The monoisotopic (exact) mass is 376 g/mol. The molecule has 1 aromatic carbocycles. The van der Waals surface area contributed by atoms with Crippen molar-refractivity contribution in [3.05, 3.63) is 41.8 Å². The maximum atomic E-state index is 12.9. The van der Waals surface area contributed by atoms with Crippen LogP contribution in [0.1, 0.15) is 32.5 Å². The molecule has 0 aliphatic carbocycles. The highest BCUT2D eigenvalue weighted by molar-refractivity contribution is 5.81.